The van der Waals surface area contributed by atoms with Gasteiger partial charge in [-0.2, -0.15) is 0 Å². The number of rotatable bonds is 3. The van der Waals surface area contributed by atoms with Crippen LogP contribution in [0.4, 0.5) is 5.69 Å². The Bertz CT molecular complexity index is 530. The minimum atomic E-state index is -0.0347. The third kappa shape index (κ3) is 3.06. The molecule has 1 saturated heterocycles. The minimum absolute atomic E-state index is 0.0347. The molecule has 5 nitrogen and oxygen atoms in total. The van der Waals surface area contributed by atoms with Gasteiger partial charge in [0.25, 0.3) is 5.91 Å². The van der Waals surface area contributed by atoms with Crippen molar-refractivity contribution in [3.05, 3.63) is 17.7 Å². The summed E-state index contributed by atoms with van der Waals surface area (Å²) in [5.74, 6) is 1.54. The second-order valence-corrected chi connectivity index (χ2v) is 5.78. The number of nitrogens with zero attached hydrogens (tertiary/aromatic N) is 1. The second kappa shape index (κ2) is 6.24. The van der Waals surface area contributed by atoms with E-state index in [0.717, 1.165) is 19.4 Å². The zero-order chi connectivity index (χ0) is 15.6. The summed E-state index contributed by atoms with van der Waals surface area (Å²) in [6, 6.07) is 3.55. The predicted molar refractivity (Wildman–Crippen MR) is 82.9 cm³/mol. The molecule has 1 amide bonds. The second-order valence-electron chi connectivity index (χ2n) is 5.78. The summed E-state index contributed by atoms with van der Waals surface area (Å²) in [4.78, 5) is 14.7. The number of hydrogen-bond donors (Lipinski definition) is 1. The van der Waals surface area contributed by atoms with Crippen LogP contribution in [0.15, 0.2) is 12.1 Å². The molecule has 0 bridgehead atoms. The lowest BCUT2D eigenvalue weighted by molar-refractivity contribution is 0.0575. The van der Waals surface area contributed by atoms with Crippen LogP contribution in [0.3, 0.4) is 0 Å². The Morgan fingerprint density at radius 3 is 2.43 bits per heavy atom. The third-order valence-electron chi connectivity index (χ3n) is 4.16. The number of carbonyl (C=O) groups excluding carboxylic acids is 1. The monoisotopic (exact) mass is 292 g/mol. The highest BCUT2D eigenvalue weighted by Gasteiger charge is 2.29. The van der Waals surface area contributed by atoms with Gasteiger partial charge in [0.15, 0.2) is 11.5 Å². The van der Waals surface area contributed by atoms with Gasteiger partial charge in [-0.05, 0) is 31.7 Å². The summed E-state index contributed by atoms with van der Waals surface area (Å²) >= 11 is 0. The molecule has 1 heterocycles. The van der Waals surface area contributed by atoms with E-state index >= 15 is 0 Å². The summed E-state index contributed by atoms with van der Waals surface area (Å²) in [7, 11) is 3.10. The molecule has 5 heteroatoms. The van der Waals surface area contributed by atoms with Crippen molar-refractivity contribution in [2.45, 2.75) is 32.7 Å². The first kappa shape index (κ1) is 15.5. The fourth-order valence-corrected chi connectivity index (χ4v) is 2.81. The van der Waals surface area contributed by atoms with Gasteiger partial charge in [0.05, 0.1) is 19.8 Å². The maximum absolute atomic E-state index is 12.8. The number of likely N-dealkylation sites (tertiary alicyclic amines) is 1. The molecule has 1 aromatic carbocycles. The van der Waals surface area contributed by atoms with Crippen LogP contribution in [-0.4, -0.2) is 37.6 Å². The van der Waals surface area contributed by atoms with Gasteiger partial charge in [-0.1, -0.05) is 6.92 Å². The minimum Gasteiger partial charge on any atom is -0.493 e. The maximum Gasteiger partial charge on any atom is 0.256 e. The number of nitrogens with two attached hydrogens (primary N) is 1. The number of hydrogen-bond acceptors (Lipinski definition) is 4. The van der Waals surface area contributed by atoms with Crippen LogP contribution in [0.5, 0.6) is 11.5 Å². The van der Waals surface area contributed by atoms with Crippen LogP contribution < -0.4 is 15.2 Å². The summed E-state index contributed by atoms with van der Waals surface area (Å²) in [6.45, 7) is 5.03. The molecule has 21 heavy (non-hydrogen) atoms. The summed E-state index contributed by atoms with van der Waals surface area (Å²) in [5, 5.41) is 0. The molecule has 0 radical (unpaired) electrons. The molecule has 0 aromatic heterocycles. The Labute approximate surface area is 126 Å². The molecule has 0 spiro atoms. The van der Waals surface area contributed by atoms with Crippen molar-refractivity contribution in [3.63, 3.8) is 0 Å². The van der Waals surface area contributed by atoms with E-state index in [1.54, 1.807) is 26.4 Å². The van der Waals surface area contributed by atoms with Gasteiger partial charge in [-0.3, -0.25) is 4.79 Å². The molecule has 2 N–H and O–H groups in total. The smallest absolute Gasteiger partial charge is 0.256 e. The maximum atomic E-state index is 12.8. The van der Waals surface area contributed by atoms with E-state index < -0.39 is 0 Å². The Morgan fingerprint density at radius 2 is 1.81 bits per heavy atom. The Hall–Kier alpha value is -1.91. The quantitative estimate of drug-likeness (QED) is 0.870. The number of piperidine rings is 1. The Balaban J connectivity index is 2.34. The molecule has 1 aliphatic heterocycles. The molecule has 0 saturated carbocycles. The third-order valence-corrected chi connectivity index (χ3v) is 4.16. The predicted octanol–water partition coefficient (Wildman–Crippen LogP) is 2.55. The van der Waals surface area contributed by atoms with E-state index in [0.29, 0.717) is 28.7 Å². The lowest BCUT2D eigenvalue weighted by atomic mass is 9.94. The lowest BCUT2D eigenvalue weighted by Gasteiger charge is -2.37. The number of anilines is 1. The van der Waals surface area contributed by atoms with E-state index in [1.165, 1.54) is 0 Å². The first-order chi connectivity index (χ1) is 9.97. The molecule has 2 atom stereocenters. The standard InChI is InChI=1S/C16H24N2O3/c1-10-5-6-11(2)18(9-10)16(19)12-7-14(20-3)15(21-4)8-13(12)17/h7-8,10-11H,5-6,9,17H2,1-4H3. The number of carbonyl (C=O) groups is 1. The first-order valence-electron chi connectivity index (χ1n) is 7.30. The van der Waals surface area contributed by atoms with E-state index in [2.05, 4.69) is 13.8 Å². The van der Waals surface area contributed by atoms with Gasteiger partial charge in [0, 0.05) is 24.3 Å². The van der Waals surface area contributed by atoms with Crippen molar-refractivity contribution in [3.8, 4) is 11.5 Å². The lowest BCUT2D eigenvalue weighted by Crippen LogP contribution is -2.45. The molecule has 1 fully saturated rings. The first-order valence-corrected chi connectivity index (χ1v) is 7.30. The number of nitrogen functional groups attached to an aromatic ring is 1. The van der Waals surface area contributed by atoms with Crippen molar-refractivity contribution >= 4 is 11.6 Å². The number of amides is 1. The van der Waals surface area contributed by atoms with E-state index in [9.17, 15) is 4.79 Å². The summed E-state index contributed by atoms with van der Waals surface area (Å²) < 4.78 is 10.5. The highest BCUT2D eigenvalue weighted by molar-refractivity contribution is 6.00. The highest BCUT2D eigenvalue weighted by atomic mass is 16.5. The van der Waals surface area contributed by atoms with Crippen LogP contribution in [-0.2, 0) is 0 Å². The van der Waals surface area contributed by atoms with Crippen LogP contribution in [0.1, 0.15) is 37.0 Å². The van der Waals surface area contributed by atoms with Crippen molar-refractivity contribution in [2.75, 3.05) is 26.5 Å². The van der Waals surface area contributed by atoms with Crippen LogP contribution in [0, 0.1) is 5.92 Å². The van der Waals surface area contributed by atoms with Crippen molar-refractivity contribution in [1.29, 1.82) is 0 Å². The van der Waals surface area contributed by atoms with Gasteiger partial charge < -0.3 is 20.1 Å². The van der Waals surface area contributed by atoms with E-state index in [1.807, 2.05) is 4.90 Å². The Kier molecular flexibility index (Phi) is 4.60. The molecule has 0 aliphatic carbocycles. The van der Waals surface area contributed by atoms with Crippen LogP contribution in [0.2, 0.25) is 0 Å². The molecular weight excluding hydrogens is 268 g/mol. The fourth-order valence-electron chi connectivity index (χ4n) is 2.81. The normalized spacial score (nSPS) is 22.0. The van der Waals surface area contributed by atoms with Crippen molar-refractivity contribution in [2.24, 2.45) is 5.92 Å². The summed E-state index contributed by atoms with van der Waals surface area (Å²) in [5.41, 5.74) is 6.92. The highest BCUT2D eigenvalue weighted by Crippen LogP contribution is 2.33. The van der Waals surface area contributed by atoms with Gasteiger partial charge in [-0.15, -0.1) is 0 Å². The average Bonchev–Trinajstić information content (AvgIpc) is 2.48. The average molecular weight is 292 g/mol. The molecule has 1 aliphatic rings. The van der Waals surface area contributed by atoms with Crippen molar-refractivity contribution in [1.82, 2.24) is 4.90 Å². The number of methoxy groups -OCH3 is 2. The SMILES string of the molecule is COc1cc(N)c(C(=O)N2CC(C)CCC2C)cc1OC. The molecule has 2 unspecified atom stereocenters. The molecule has 1 aromatic rings. The number of benzene rings is 1. The van der Waals surface area contributed by atoms with E-state index in [-0.39, 0.29) is 11.9 Å². The summed E-state index contributed by atoms with van der Waals surface area (Å²) in [6.07, 6.45) is 2.19. The van der Waals surface area contributed by atoms with Gasteiger partial charge in [-0.25, -0.2) is 0 Å². The number of ether oxygens (including phenoxy) is 2. The van der Waals surface area contributed by atoms with Gasteiger partial charge >= 0.3 is 0 Å². The largest absolute Gasteiger partial charge is 0.493 e. The molecule has 116 valence electrons. The van der Waals surface area contributed by atoms with Crippen molar-refractivity contribution < 1.29 is 14.3 Å². The van der Waals surface area contributed by atoms with Crippen LogP contribution >= 0.6 is 0 Å². The molecule has 2 rings (SSSR count). The zero-order valence-corrected chi connectivity index (χ0v) is 13.2. The van der Waals surface area contributed by atoms with Gasteiger partial charge in [0.2, 0.25) is 0 Å². The fraction of sp³-hybridized carbons (Fsp3) is 0.562. The zero-order valence-electron chi connectivity index (χ0n) is 13.2. The Morgan fingerprint density at radius 1 is 1.19 bits per heavy atom. The van der Waals surface area contributed by atoms with Crippen LogP contribution in [0.25, 0.3) is 0 Å². The van der Waals surface area contributed by atoms with E-state index in [4.69, 9.17) is 15.2 Å². The topological polar surface area (TPSA) is 64.8 Å². The van der Waals surface area contributed by atoms with Gasteiger partial charge in [0.1, 0.15) is 0 Å². The molecular formula is C16H24N2O3.